The van der Waals surface area contributed by atoms with E-state index in [1.165, 1.54) is 44.9 Å². The lowest BCUT2D eigenvalue weighted by Crippen LogP contribution is -2.56. The van der Waals surface area contributed by atoms with Crippen molar-refractivity contribution < 1.29 is 9.53 Å². The molecule has 2 saturated carbocycles. The molecule has 2 aliphatic rings. The maximum Gasteiger partial charge on any atom is 0.326 e. The molecule has 2 aliphatic carbocycles. The summed E-state index contributed by atoms with van der Waals surface area (Å²) in [6.07, 6.45) is 13.1. The van der Waals surface area contributed by atoms with Gasteiger partial charge in [-0.05, 0) is 32.6 Å². The Balaban J connectivity index is 2.05. The molecule has 1 N–H and O–H groups in total. The molecule has 3 nitrogen and oxygen atoms in total. The van der Waals surface area contributed by atoms with Crippen molar-refractivity contribution in [2.75, 3.05) is 6.61 Å². The van der Waals surface area contributed by atoms with Crippen LogP contribution in [0.3, 0.4) is 0 Å². The van der Waals surface area contributed by atoms with E-state index in [-0.39, 0.29) is 11.5 Å². The van der Waals surface area contributed by atoms with E-state index in [1.54, 1.807) is 0 Å². The van der Waals surface area contributed by atoms with Gasteiger partial charge < -0.3 is 4.74 Å². The average molecular weight is 267 g/mol. The highest BCUT2D eigenvalue weighted by atomic mass is 16.5. The molecule has 2 rings (SSSR count). The molecule has 0 heterocycles. The van der Waals surface area contributed by atoms with Crippen LogP contribution >= 0.6 is 0 Å². The van der Waals surface area contributed by atoms with Crippen molar-refractivity contribution in [1.82, 2.24) is 5.32 Å². The van der Waals surface area contributed by atoms with Gasteiger partial charge in [0.25, 0.3) is 0 Å². The third-order valence-electron chi connectivity index (χ3n) is 4.71. The number of rotatable bonds is 4. The molecule has 0 spiro atoms. The molecule has 0 bridgehead atoms. The number of carbonyl (C=O) groups is 1. The van der Waals surface area contributed by atoms with Gasteiger partial charge in [0.05, 0.1) is 6.61 Å². The van der Waals surface area contributed by atoms with Crippen LogP contribution in [0.5, 0.6) is 0 Å². The summed E-state index contributed by atoms with van der Waals surface area (Å²) in [5, 5.41) is 3.72. The molecule has 0 aliphatic heterocycles. The number of ether oxygens (including phenoxy) is 1. The van der Waals surface area contributed by atoms with E-state index in [4.69, 9.17) is 4.74 Å². The van der Waals surface area contributed by atoms with Gasteiger partial charge in [0.15, 0.2) is 0 Å². The standard InChI is InChI=1S/C16H29NO2/c1-2-19-15(18)16(12-8-3-4-9-13-16)17-14-10-6-5-7-11-14/h14,17H,2-13H2,1H3. The van der Waals surface area contributed by atoms with Crippen molar-refractivity contribution in [3.63, 3.8) is 0 Å². The maximum absolute atomic E-state index is 12.5. The van der Waals surface area contributed by atoms with Gasteiger partial charge in [-0.15, -0.1) is 0 Å². The zero-order valence-corrected chi connectivity index (χ0v) is 12.4. The SMILES string of the molecule is CCOC(=O)C1(NC2CCCCC2)CCCCCC1. The first kappa shape index (κ1) is 14.8. The number of hydrogen-bond acceptors (Lipinski definition) is 3. The highest BCUT2D eigenvalue weighted by Crippen LogP contribution is 2.31. The quantitative estimate of drug-likeness (QED) is 0.625. The van der Waals surface area contributed by atoms with E-state index in [0.717, 1.165) is 25.7 Å². The minimum absolute atomic E-state index is 0.00229. The van der Waals surface area contributed by atoms with Crippen LogP contribution in [0.25, 0.3) is 0 Å². The molecule has 0 saturated heterocycles. The minimum Gasteiger partial charge on any atom is -0.465 e. The van der Waals surface area contributed by atoms with Crippen molar-refractivity contribution >= 4 is 5.97 Å². The molecule has 0 aromatic heterocycles. The summed E-state index contributed by atoms with van der Waals surface area (Å²) in [4.78, 5) is 12.5. The van der Waals surface area contributed by atoms with Gasteiger partial charge in [0.2, 0.25) is 0 Å². The van der Waals surface area contributed by atoms with Gasteiger partial charge in [-0.1, -0.05) is 44.9 Å². The molecular formula is C16H29NO2. The summed E-state index contributed by atoms with van der Waals surface area (Å²) in [6, 6.07) is 0.524. The van der Waals surface area contributed by atoms with Crippen LogP contribution in [0.2, 0.25) is 0 Å². The molecular weight excluding hydrogens is 238 g/mol. The second-order valence-electron chi connectivity index (χ2n) is 6.20. The first-order valence-electron chi connectivity index (χ1n) is 8.22. The van der Waals surface area contributed by atoms with Crippen molar-refractivity contribution in [2.24, 2.45) is 0 Å². The van der Waals surface area contributed by atoms with Crippen LogP contribution in [0.1, 0.15) is 77.6 Å². The van der Waals surface area contributed by atoms with E-state index in [1.807, 2.05) is 6.92 Å². The summed E-state index contributed by atoms with van der Waals surface area (Å²) in [7, 11) is 0. The molecule has 3 heteroatoms. The molecule has 19 heavy (non-hydrogen) atoms. The van der Waals surface area contributed by atoms with E-state index in [0.29, 0.717) is 12.6 Å². The molecule has 0 radical (unpaired) electrons. The summed E-state index contributed by atoms with van der Waals surface area (Å²) in [5.74, 6) is 0.00229. The molecule has 0 aromatic carbocycles. The van der Waals surface area contributed by atoms with Crippen LogP contribution in [-0.2, 0) is 9.53 Å². The maximum atomic E-state index is 12.5. The third kappa shape index (κ3) is 3.95. The zero-order valence-electron chi connectivity index (χ0n) is 12.4. The van der Waals surface area contributed by atoms with E-state index in [9.17, 15) is 4.79 Å². The predicted molar refractivity (Wildman–Crippen MR) is 77.1 cm³/mol. The average Bonchev–Trinajstić information content (AvgIpc) is 2.67. The highest BCUT2D eigenvalue weighted by molar-refractivity contribution is 5.81. The summed E-state index contributed by atoms with van der Waals surface area (Å²) < 4.78 is 5.38. The summed E-state index contributed by atoms with van der Waals surface area (Å²) in [5.41, 5.74) is -0.380. The van der Waals surface area contributed by atoms with Gasteiger partial charge in [-0.2, -0.15) is 0 Å². The molecule has 0 unspecified atom stereocenters. The Morgan fingerprint density at radius 2 is 1.63 bits per heavy atom. The number of hydrogen-bond donors (Lipinski definition) is 1. The van der Waals surface area contributed by atoms with Crippen LogP contribution < -0.4 is 5.32 Å². The monoisotopic (exact) mass is 267 g/mol. The Morgan fingerprint density at radius 3 is 2.21 bits per heavy atom. The Labute approximate surface area is 117 Å². The van der Waals surface area contributed by atoms with E-state index >= 15 is 0 Å². The van der Waals surface area contributed by atoms with Crippen LogP contribution in [0, 0.1) is 0 Å². The fourth-order valence-corrected chi connectivity index (χ4v) is 3.65. The fraction of sp³-hybridized carbons (Fsp3) is 0.938. The number of nitrogens with one attached hydrogen (secondary N) is 1. The van der Waals surface area contributed by atoms with Gasteiger partial charge in [-0.3, -0.25) is 10.1 Å². The van der Waals surface area contributed by atoms with Crippen molar-refractivity contribution in [1.29, 1.82) is 0 Å². The molecule has 0 aromatic rings. The van der Waals surface area contributed by atoms with Gasteiger partial charge in [-0.25, -0.2) is 0 Å². The lowest BCUT2D eigenvalue weighted by Gasteiger charge is -2.37. The molecule has 0 atom stereocenters. The van der Waals surface area contributed by atoms with E-state index < -0.39 is 0 Å². The van der Waals surface area contributed by atoms with Crippen molar-refractivity contribution in [3.8, 4) is 0 Å². The van der Waals surface area contributed by atoms with Gasteiger partial charge in [0, 0.05) is 6.04 Å². The predicted octanol–water partition coefficient (Wildman–Crippen LogP) is 3.56. The van der Waals surface area contributed by atoms with Crippen LogP contribution in [0.15, 0.2) is 0 Å². The number of carbonyl (C=O) groups excluding carboxylic acids is 1. The minimum atomic E-state index is -0.380. The lowest BCUT2D eigenvalue weighted by molar-refractivity contribution is -0.152. The highest BCUT2D eigenvalue weighted by Gasteiger charge is 2.41. The fourth-order valence-electron chi connectivity index (χ4n) is 3.65. The van der Waals surface area contributed by atoms with Crippen LogP contribution in [0.4, 0.5) is 0 Å². The van der Waals surface area contributed by atoms with E-state index in [2.05, 4.69) is 5.32 Å². The Morgan fingerprint density at radius 1 is 1.05 bits per heavy atom. The Kier molecular flexibility index (Phi) is 5.68. The lowest BCUT2D eigenvalue weighted by atomic mass is 9.86. The summed E-state index contributed by atoms with van der Waals surface area (Å²) in [6.45, 7) is 2.40. The van der Waals surface area contributed by atoms with Crippen LogP contribution in [-0.4, -0.2) is 24.2 Å². The van der Waals surface area contributed by atoms with Gasteiger partial charge >= 0.3 is 5.97 Å². The molecule has 2 fully saturated rings. The smallest absolute Gasteiger partial charge is 0.326 e. The first-order chi connectivity index (χ1) is 9.27. The zero-order chi connectivity index (χ0) is 13.6. The second-order valence-corrected chi connectivity index (χ2v) is 6.20. The van der Waals surface area contributed by atoms with Gasteiger partial charge in [0.1, 0.15) is 5.54 Å². The largest absolute Gasteiger partial charge is 0.465 e. The van der Waals surface area contributed by atoms with Crippen molar-refractivity contribution in [2.45, 2.75) is 89.1 Å². The number of esters is 1. The van der Waals surface area contributed by atoms with Crippen molar-refractivity contribution in [3.05, 3.63) is 0 Å². The normalized spacial score (nSPS) is 24.7. The Hall–Kier alpha value is -0.570. The molecule has 0 amide bonds. The summed E-state index contributed by atoms with van der Waals surface area (Å²) >= 11 is 0. The third-order valence-corrected chi connectivity index (χ3v) is 4.71. The molecule has 110 valence electrons. The topological polar surface area (TPSA) is 38.3 Å². The Bertz CT molecular complexity index is 276. The second kappa shape index (κ2) is 7.28. The first-order valence-corrected chi connectivity index (χ1v) is 8.22.